The molecule has 0 bridgehead atoms. The first-order chi connectivity index (χ1) is 19.5. The molecule has 2 aliphatic heterocycles. The highest BCUT2D eigenvalue weighted by molar-refractivity contribution is 6.39. The SMILES string of the molecule is CC(CCNC(=O)c1c(Cl)cncc1Cl)N1CCC(C2(c3ccc(C(F)(F)F)cc3)Oc3cccc(F)c3O2)CC1. The van der Waals surface area contributed by atoms with E-state index in [0.717, 1.165) is 12.1 Å². The van der Waals surface area contributed by atoms with Gasteiger partial charge in [-0.15, -0.1) is 0 Å². The van der Waals surface area contributed by atoms with E-state index in [1.54, 1.807) is 6.07 Å². The fraction of sp³-hybridized carbons (Fsp3) is 0.379. The number of carbonyl (C=O) groups excluding carboxylic acids is 1. The number of aromatic nitrogens is 1. The van der Waals surface area contributed by atoms with Crippen LogP contribution >= 0.6 is 23.2 Å². The maximum Gasteiger partial charge on any atom is 0.416 e. The number of hydrogen-bond donors (Lipinski definition) is 1. The van der Waals surface area contributed by atoms with Crippen molar-refractivity contribution < 1.29 is 31.8 Å². The smallest absolute Gasteiger partial charge is 0.416 e. The zero-order valence-corrected chi connectivity index (χ0v) is 23.5. The summed E-state index contributed by atoms with van der Waals surface area (Å²) in [6, 6.07) is 9.10. The number of amides is 1. The second kappa shape index (κ2) is 11.7. The van der Waals surface area contributed by atoms with Gasteiger partial charge in [0, 0.05) is 36.5 Å². The summed E-state index contributed by atoms with van der Waals surface area (Å²) in [6.07, 6.45) is 0.0694. The molecule has 1 saturated heterocycles. The highest BCUT2D eigenvalue weighted by Gasteiger charge is 2.52. The van der Waals surface area contributed by atoms with Crippen LogP contribution in [0, 0.1) is 11.7 Å². The van der Waals surface area contributed by atoms with Gasteiger partial charge in [0.2, 0.25) is 5.75 Å². The number of benzene rings is 2. The molecule has 2 atom stereocenters. The van der Waals surface area contributed by atoms with Gasteiger partial charge in [-0.2, -0.15) is 13.2 Å². The third-order valence-electron chi connectivity index (χ3n) is 7.68. The Labute approximate surface area is 244 Å². The van der Waals surface area contributed by atoms with Crippen molar-refractivity contribution in [3.63, 3.8) is 0 Å². The summed E-state index contributed by atoms with van der Waals surface area (Å²) in [5.74, 6) is -2.53. The number of ether oxygens (including phenoxy) is 2. The van der Waals surface area contributed by atoms with Crippen LogP contribution in [-0.2, 0) is 12.0 Å². The molecule has 218 valence electrons. The van der Waals surface area contributed by atoms with Gasteiger partial charge in [-0.1, -0.05) is 41.4 Å². The van der Waals surface area contributed by atoms with Gasteiger partial charge in [0.15, 0.2) is 11.6 Å². The molecule has 1 fully saturated rings. The molecule has 12 heteroatoms. The minimum Gasteiger partial charge on any atom is -0.444 e. The first-order valence-electron chi connectivity index (χ1n) is 13.1. The van der Waals surface area contributed by atoms with Gasteiger partial charge < -0.3 is 19.7 Å². The molecular weight excluding hydrogens is 585 g/mol. The summed E-state index contributed by atoms with van der Waals surface area (Å²) in [6.45, 7) is 3.74. The summed E-state index contributed by atoms with van der Waals surface area (Å²) in [4.78, 5) is 18.7. The molecule has 0 radical (unpaired) electrons. The molecule has 2 aliphatic rings. The van der Waals surface area contributed by atoms with Crippen LogP contribution in [0.4, 0.5) is 17.6 Å². The van der Waals surface area contributed by atoms with E-state index >= 15 is 0 Å². The van der Waals surface area contributed by atoms with Crippen molar-refractivity contribution in [1.82, 2.24) is 15.2 Å². The van der Waals surface area contributed by atoms with E-state index in [2.05, 4.69) is 22.1 Å². The lowest BCUT2D eigenvalue weighted by molar-refractivity contribution is -0.151. The molecule has 2 aromatic carbocycles. The van der Waals surface area contributed by atoms with Crippen molar-refractivity contribution in [3.05, 3.63) is 87.4 Å². The highest BCUT2D eigenvalue weighted by atomic mass is 35.5. The fourth-order valence-corrected chi connectivity index (χ4v) is 5.97. The summed E-state index contributed by atoms with van der Waals surface area (Å²) in [5.41, 5.74) is -0.217. The van der Waals surface area contributed by atoms with Crippen LogP contribution in [0.3, 0.4) is 0 Å². The highest BCUT2D eigenvalue weighted by Crippen LogP contribution is 2.51. The Kier molecular flexibility index (Phi) is 8.36. The largest absolute Gasteiger partial charge is 0.444 e. The van der Waals surface area contributed by atoms with Crippen molar-refractivity contribution in [3.8, 4) is 11.5 Å². The number of fused-ring (bicyclic) bond motifs is 1. The van der Waals surface area contributed by atoms with Crippen molar-refractivity contribution in [2.24, 2.45) is 5.92 Å². The monoisotopic (exact) mass is 611 g/mol. The fourth-order valence-electron chi connectivity index (χ4n) is 5.43. The van der Waals surface area contributed by atoms with Gasteiger partial charge in [0.05, 0.1) is 21.2 Å². The third-order valence-corrected chi connectivity index (χ3v) is 8.25. The van der Waals surface area contributed by atoms with Crippen LogP contribution in [0.5, 0.6) is 11.5 Å². The quantitative estimate of drug-likeness (QED) is 0.289. The molecular formula is C29H27Cl2F4N3O3. The lowest BCUT2D eigenvalue weighted by Crippen LogP contribution is -2.50. The van der Waals surface area contributed by atoms with Crippen LogP contribution < -0.4 is 14.8 Å². The van der Waals surface area contributed by atoms with Crippen LogP contribution in [0.15, 0.2) is 54.9 Å². The Morgan fingerprint density at radius 3 is 2.37 bits per heavy atom. The van der Waals surface area contributed by atoms with E-state index in [1.807, 2.05) is 0 Å². The Hall–Kier alpha value is -3.08. The second-order valence-corrected chi connectivity index (χ2v) is 11.0. The number of pyridine rings is 1. The number of hydrogen-bond acceptors (Lipinski definition) is 5. The normalized spacial score (nSPS) is 20.2. The van der Waals surface area contributed by atoms with E-state index in [9.17, 15) is 22.4 Å². The summed E-state index contributed by atoms with van der Waals surface area (Å²) in [7, 11) is 0. The van der Waals surface area contributed by atoms with Gasteiger partial charge in [0.1, 0.15) is 0 Å². The van der Waals surface area contributed by atoms with E-state index in [4.69, 9.17) is 32.7 Å². The summed E-state index contributed by atoms with van der Waals surface area (Å²) in [5, 5.41) is 3.19. The first kappa shape index (κ1) is 29.4. The summed E-state index contributed by atoms with van der Waals surface area (Å²) < 4.78 is 66.7. The molecule has 5 rings (SSSR count). The molecule has 6 nitrogen and oxygen atoms in total. The lowest BCUT2D eigenvalue weighted by atomic mass is 9.83. The van der Waals surface area contributed by atoms with Gasteiger partial charge in [-0.3, -0.25) is 9.78 Å². The van der Waals surface area contributed by atoms with Gasteiger partial charge in [0.25, 0.3) is 11.7 Å². The maximum atomic E-state index is 14.6. The van der Waals surface area contributed by atoms with Crippen molar-refractivity contribution >= 4 is 29.1 Å². The van der Waals surface area contributed by atoms with Crippen molar-refractivity contribution in [2.75, 3.05) is 19.6 Å². The minimum absolute atomic E-state index is 0.0478. The Balaban J connectivity index is 1.25. The predicted octanol–water partition coefficient (Wildman–Crippen LogP) is 7.09. The molecule has 1 amide bonds. The zero-order valence-electron chi connectivity index (χ0n) is 22.0. The average molecular weight is 612 g/mol. The topological polar surface area (TPSA) is 63.7 Å². The first-order valence-corrected chi connectivity index (χ1v) is 13.9. The third kappa shape index (κ3) is 5.96. The number of nitrogens with zero attached hydrogens (tertiary/aromatic N) is 2. The number of alkyl halides is 3. The second-order valence-electron chi connectivity index (χ2n) is 10.2. The van der Waals surface area contributed by atoms with E-state index in [0.29, 0.717) is 44.5 Å². The van der Waals surface area contributed by atoms with Crippen LogP contribution in [0.1, 0.15) is 47.7 Å². The van der Waals surface area contributed by atoms with Crippen LogP contribution in [-0.4, -0.2) is 41.5 Å². The number of likely N-dealkylation sites (tertiary alicyclic amines) is 1. The van der Waals surface area contributed by atoms with Crippen LogP contribution in [0.25, 0.3) is 0 Å². The Bertz CT molecular complexity index is 1400. The lowest BCUT2D eigenvalue weighted by Gasteiger charge is -2.42. The standard InChI is InChI=1S/C29H27Cl2F4N3O3/c1-17(9-12-37-27(39)25-21(30)15-36-16-22(25)31)38-13-10-19(11-14-38)28(18-5-7-20(8-6-18)29(33,34)35)40-24-4-2-3-23(32)26(24)41-28/h2-8,15-17,19H,9-14H2,1H3,(H,37,39). The average Bonchev–Trinajstić information content (AvgIpc) is 3.35. The van der Waals surface area contributed by atoms with Crippen molar-refractivity contribution in [1.29, 1.82) is 0 Å². The van der Waals surface area contributed by atoms with E-state index in [-0.39, 0.29) is 45.0 Å². The maximum absolute atomic E-state index is 14.6. The summed E-state index contributed by atoms with van der Waals surface area (Å²) >= 11 is 12.1. The molecule has 41 heavy (non-hydrogen) atoms. The number of piperidine rings is 1. The predicted molar refractivity (Wildman–Crippen MR) is 146 cm³/mol. The Morgan fingerprint density at radius 2 is 1.76 bits per heavy atom. The molecule has 3 heterocycles. The van der Waals surface area contributed by atoms with Gasteiger partial charge >= 0.3 is 6.18 Å². The molecule has 0 saturated carbocycles. The van der Waals surface area contributed by atoms with Gasteiger partial charge in [-0.25, -0.2) is 4.39 Å². The molecule has 3 aromatic rings. The minimum atomic E-state index is -4.49. The molecule has 1 N–H and O–H groups in total. The number of rotatable bonds is 7. The zero-order chi connectivity index (χ0) is 29.4. The van der Waals surface area contributed by atoms with Crippen LogP contribution in [0.2, 0.25) is 10.0 Å². The van der Waals surface area contributed by atoms with Gasteiger partial charge in [-0.05, 0) is 63.5 Å². The Morgan fingerprint density at radius 1 is 1.10 bits per heavy atom. The number of carbonyl (C=O) groups is 1. The van der Waals surface area contributed by atoms with E-state index < -0.39 is 23.3 Å². The molecule has 0 aliphatic carbocycles. The van der Waals surface area contributed by atoms with Crippen molar-refractivity contribution in [2.45, 2.75) is 44.2 Å². The molecule has 2 unspecified atom stereocenters. The van der Waals surface area contributed by atoms with E-state index in [1.165, 1.54) is 36.7 Å². The molecule has 1 aromatic heterocycles. The number of para-hydroxylation sites is 1. The molecule has 0 spiro atoms. The number of halogens is 6. The number of nitrogens with one attached hydrogen (secondary N) is 1.